The molecule has 2 N–H and O–H groups in total. The summed E-state index contributed by atoms with van der Waals surface area (Å²) in [5.74, 6) is 0.938. The van der Waals surface area contributed by atoms with Crippen molar-refractivity contribution in [3.63, 3.8) is 0 Å². The number of hydrogen-bond donors (Lipinski definition) is 1. The van der Waals surface area contributed by atoms with Crippen molar-refractivity contribution in [2.75, 3.05) is 18.8 Å². The number of aryl methyl sites for hydroxylation is 2. The Morgan fingerprint density at radius 1 is 1.31 bits per heavy atom. The molecule has 0 radical (unpaired) electrons. The largest absolute Gasteiger partial charge is 0.396 e. The first-order valence-corrected chi connectivity index (χ1v) is 11.4. The lowest BCUT2D eigenvalue weighted by Gasteiger charge is -2.15. The number of unbranched alkanes of at least 4 members (excludes halogenated alkanes) is 1. The Hall–Kier alpha value is -2.84. The Morgan fingerprint density at radius 3 is 2.56 bits per heavy atom. The number of likely N-dealkylation sites (tertiary alicyclic amines) is 1. The fourth-order valence-corrected chi connectivity index (χ4v) is 3.99. The number of carbonyl (C=O) groups is 1. The van der Waals surface area contributed by atoms with Gasteiger partial charge >= 0.3 is 0 Å². The maximum atomic E-state index is 10.7. The maximum absolute atomic E-state index is 10.7. The molecule has 2 aromatic rings. The van der Waals surface area contributed by atoms with Gasteiger partial charge in [0.25, 0.3) is 0 Å². The summed E-state index contributed by atoms with van der Waals surface area (Å²) >= 11 is 6.40. The number of benzene rings is 1. The van der Waals surface area contributed by atoms with Crippen LogP contribution in [0.5, 0.6) is 0 Å². The minimum atomic E-state index is 0.222. The second kappa shape index (κ2) is 11.7. The normalized spacial score (nSPS) is 15.7. The molecule has 170 valence electrons. The third kappa shape index (κ3) is 6.34. The molecular weight excluding hydrogens is 420 g/mol. The van der Waals surface area contributed by atoms with E-state index in [4.69, 9.17) is 17.3 Å². The smallest absolute Gasteiger partial charge is 0.219 e. The van der Waals surface area contributed by atoms with Gasteiger partial charge in [0.1, 0.15) is 0 Å². The van der Waals surface area contributed by atoms with E-state index in [0.717, 1.165) is 53.8 Å². The average Bonchev–Trinajstić information content (AvgIpc) is 3.19. The fraction of sp³-hybridized carbons (Fsp3) is 0.423. The summed E-state index contributed by atoms with van der Waals surface area (Å²) in [5, 5.41) is 9.83. The molecule has 1 saturated heterocycles. The Kier molecular flexibility index (Phi) is 9.28. The molecule has 1 atom stereocenters. The minimum absolute atomic E-state index is 0.222. The van der Waals surface area contributed by atoms with E-state index in [2.05, 4.69) is 31.0 Å². The van der Waals surface area contributed by atoms with Gasteiger partial charge in [-0.2, -0.15) is 5.26 Å². The van der Waals surface area contributed by atoms with Crippen LogP contribution in [0.15, 0.2) is 30.6 Å². The van der Waals surface area contributed by atoms with Gasteiger partial charge in [-0.15, -0.1) is 0 Å². The van der Waals surface area contributed by atoms with Gasteiger partial charge < -0.3 is 10.6 Å². The number of rotatable bonds is 4. The highest BCUT2D eigenvalue weighted by Gasteiger charge is 2.19. The number of anilines is 1. The minimum Gasteiger partial charge on any atom is -0.396 e. The molecular formula is C26H33ClN4O. The predicted octanol–water partition coefficient (Wildman–Crippen LogP) is 5.91. The number of nitriles is 1. The van der Waals surface area contributed by atoms with Crippen LogP contribution < -0.4 is 5.73 Å². The molecule has 1 unspecified atom stereocenters. The molecule has 3 rings (SSSR count). The highest BCUT2D eigenvalue weighted by atomic mass is 35.5. The van der Waals surface area contributed by atoms with Crippen molar-refractivity contribution in [1.29, 1.82) is 5.26 Å². The lowest BCUT2D eigenvalue weighted by Crippen LogP contribution is -2.25. The fourth-order valence-electron chi connectivity index (χ4n) is 3.79. The quantitative estimate of drug-likeness (QED) is 0.624. The number of allylic oxidation sites excluding steroid dienone is 1. The third-order valence-electron chi connectivity index (χ3n) is 5.69. The summed E-state index contributed by atoms with van der Waals surface area (Å²) < 4.78 is 0. The summed E-state index contributed by atoms with van der Waals surface area (Å²) in [5.41, 5.74) is 11.9. The summed E-state index contributed by atoms with van der Waals surface area (Å²) in [4.78, 5) is 16.8. The molecule has 1 aliphatic heterocycles. The van der Waals surface area contributed by atoms with E-state index in [9.17, 15) is 10.1 Å². The first-order valence-electron chi connectivity index (χ1n) is 11.1. The number of nitrogens with two attached hydrogens (primary N) is 1. The Morgan fingerprint density at radius 2 is 2.03 bits per heavy atom. The Bertz CT molecular complexity index is 1040. The van der Waals surface area contributed by atoms with Gasteiger partial charge in [0.15, 0.2) is 0 Å². The van der Waals surface area contributed by atoms with E-state index in [1.807, 2.05) is 30.9 Å². The van der Waals surface area contributed by atoms with Gasteiger partial charge in [-0.05, 0) is 60.9 Å². The molecule has 1 amide bonds. The summed E-state index contributed by atoms with van der Waals surface area (Å²) in [6.45, 7) is 11.9. The van der Waals surface area contributed by atoms with Gasteiger partial charge in [0, 0.05) is 31.8 Å². The topological polar surface area (TPSA) is 83.0 Å². The number of pyridine rings is 1. The van der Waals surface area contributed by atoms with Crippen LogP contribution in [0.2, 0.25) is 5.02 Å². The number of nitrogen functional groups attached to an aromatic ring is 1. The van der Waals surface area contributed by atoms with Crippen LogP contribution >= 0.6 is 11.6 Å². The number of amides is 1. The van der Waals surface area contributed by atoms with Gasteiger partial charge in [-0.1, -0.05) is 44.0 Å². The van der Waals surface area contributed by atoms with Crippen molar-refractivity contribution in [1.82, 2.24) is 9.88 Å². The zero-order chi connectivity index (χ0) is 23.8. The van der Waals surface area contributed by atoms with Crippen molar-refractivity contribution in [3.8, 4) is 6.07 Å². The molecule has 32 heavy (non-hydrogen) atoms. The SMILES string of the molecule is CC(=O)N1CCC(C)C1.CCC/C=C(\c1cc(C#N)c(C)cc1C)c1cncc(N)c1Cl. The van der Waals surface area contributed by atoms with Gasteiger partial charge in [0.2, 0.25) is 5.91 Å². The summed E-state index contributed by atoms with van der Waals surface area (Å²) in [6.07, 6.45) is 8.53. The van der Waals surface area contributed by atoms with Crippen molar-refractivity contribution >= 4 is 28.8 Å². The molecule has 1 aromatic heterocycles. The highest BCUT2D eigenvalue weighted by Crippen LogP contribution is 2.35. The van der Waals surface area contributed by atoms with Crippen LogP contribution in [0, 0.1) is 31.1 Å². The Balaban J connectivity index is 0.000000336. The Labute approximate surface area is 196 Å². The standard InChI is InChI=1S/C19H20ClN3.C7H13NO/c1-4-5-6-15(17-10-23-11-18(22)19(17)20)16-8-14(9-21)12(2)7-13(16)3;1-6-3-4-8(5-6)7(2)9/h6-8,10-11H,4-5,22H2,1-3H3;6H,3-5H2,1-2H3/b15-6+;. The number of nitrogens with zero attached hydrogens (tertiary/aromatic N) is 3. The summed E-state index contributed by atoms with van der Waals surface area (Å²) in [6, 6.07) is 6.20. The first kappa shape index (κ1) is 25.4. The molecule has 5 nitrogen and oxygen atoms in total. The lowest BCUT2D eigenvalue weighted by molar-refractivity contribution is -0.127. The number of hydrogen-bond acceptors (Lipinski definition) is 4. The van der Waals surface area contributed by atoms with E-state index in [1.165, 1.54) is 6.42 Å². The van der Waals surface area contributed by atoms with Crippen LogP contribution in [0.1, 0.15) is 67.9 Å². The van der Waals surface area contributed by atoms with Crippen LogP contribution in [0.25, 0.3) is 5.57 Å². The maximum Gasteiger partial charge on any atom is 0.219 e. The molecule has 0 aliphatic carbocycles. The predicted molar refractivity (Wildman–Crippen MR) is 132 cm³/mol. The zero-order valence-corrected chi connectivity index (χ0v) is 20.5. The average molecular weight is 453 g/mol. The summed E-state index contributed by atoms with van der Waals surface area (Å²) in [7, 11) is 0. The van der Waals surface area contributed by atoms with Crippen LogP contribution in [-0.4, -0.2) is 28.9 Å². The number of aromatic nitrogens is 1. The van der Waals surface area contributed by atoms with Crippen molar-refractivity contribution < 1.29 is 4.79 Å². The molecule has 0 saturated carbocycles. The van der Waals surface area contributed by atoms with E-state index in [1.54, 1.807) is 19.3 Å². The van der Waals surface area contributed by atoms with Crippen molar-refractivity contribution in [3.05, 3.63) is 63.4 Å². The second-order valence-electron chi connectivity index (χ2n) is 8.45. The molecule has 1 fully saturated rings. The first-order chi connectivity index (χ1) is 15.2. The van der Waals surface area contributed by atoms with Gasteiger partial charge in [-0.25, -0.2) is 0 Å². The molecule has 0 spiro atoms. The van der Waals surface area contributed by atoms with E-state index < -0.39 is 0 Å². The van der Waals surface area contributed by atoms with Crippen molar-refractivity contribution in [2.45, 2.75) is 53.9 Å². The number of carbonyl (C=O) groups excluding carboxylic acids is 1. The monoisotopic (exact) mass is 452 g/mol. The van der Waals surface area contributed by atoms with Crippen molar-refractivity contribution in [2.24, 2.45) is 5.92 Å². The van der Waals surface area contributed by atoms with Gasteiger partial charge in [-0.3, -0.25) is 9.78 Å². The third-order valence-corrected chi connectivity index (χ3v) is 6.11. The van der Waals surface area contributed by atoms with E-state index in [0.29, 0.717) is 22.2 Å². The zero-order valence-electron chi connectivity index (χ0n) is 19.7. The number of halogens is 1. The van der Waals surface area contributed by atoms with E-state index >= 15 is 0 Å². The lowest BCUT2D eigenvalue weighted by atomic mass is 9.91. The van der Waals surface area contributed by atoms with Crippen LogP contribution in [-0.2, 0) is 4.79 Å². The molecule has 6 heteroatoms. The van der Waals surface area contributed by atoms with E-state index in [-0.39, 0.29) is 5.91 Å². The van der Waals surface area contributed by atoms with Crippen LogP contribution in [0.3, 0.4) is 0 Å². The highest BCUT2D eigenvalue weighted by molar-refractivity contribution is 6.35. The van der Waals surface area contributed by atoms with Crippen LogP contribution in [0.4, 0.5) is 5.69 Å². The van der Waals surface area contributed by atoms with Gasteiger partial charge in [0.05, 0.1) is 28.5 Å². The molecule has 1 aliphatic rings. The second-order valence-corrected chi connectivity index (χ2v) is 8.83. The molecule has 2 heterocycles. The molecule has 0 bridgehead atoms. The molecule has 1 aromatic carbocycles.